The van der Waals surface area contributed by atoms with Gasteiger partial charge in [-0.2, -0.15) is 0 Å². The Hall–Kier alpha value is -1.81. The van der Waals surface area contributed by atoms with E-state index in [-0.39, 0.29) is 17.7 Å². The van der Waals surface area contributed by atoms with Crippen molar-refractivity contribution >= 4 is 27.5 Å². The van der Waals surface area contributed by atoms with E-state index in [2.05, 4.69) is 21.2 Å². The third kappa shape index (κ3) is 4.14. The second-order valence-electron chi connectivity index (χ2n) is 6.27. The van der Waals surface area contributed by atoms with Gasteiger partial charge < -0.3 is 10.4 Å². The number of phenols is 1. The predicted molar refractivity (Wildman–Crippen MR) is 98.4 cm³/mol. The molecule has 0 atom stereocenters. The maximum atomic E-state index is 12.4. The second kappa shape index (κ2) is 7.18. The maximum absolute atomic E-state index is 12.4. The van der Waals surface area contributed by atoms with Crippen molar-refractivity contribution in [3.63, 3.8) is 0 Å². The molecule has 0 spiro atoms. The number of anilines is 1. The summed E-state index contributed by atoms with van der Waals surface area (Å²) in [7, 11) is 0. The Balaban J connectivity index is 2.35. The lowest BCUT2D eigenvalue weighted by Crippen LogP contribution is -2.12. The Morgan fingerprint density at radius 1 is 1.00 bits per heavy atom. The van der Waals surface area contributed by atoms with Gasteiger partial charge in [-0.1, -0.05) is 43.6 Å². The van der Waals surface area contributed by atoms with Gasteiger partial charge >= 0.3 is 0 Å². The van der Waals surface area contributed by atoms with Gasteiger partial charge in [-0.15, -0.1) is 0 Å². The lowest BCUT2D eigenvalue weighted by atomic mass is 9.93. The molecule has 122 valence electrons. The summed E-state index contributed by atoms with van der Waals surface area (Å²) < 4.78 is 0.933. The van der Waals surface area contributed by atoms with Crippen LogP contribution in [-0.4, -0.2) is 11.0 Å². The molecule has 2 aromatic rings. The number of aromatic hydroxyl groups is 1. The van der Waals surface area contributed by atoms with Crippen molar-refractivity contribution in [1.29, 1.82) is 0 Å². The summed E-state index contributed by atoms with van der Waals surface area (Å²) in [5.41, 5.74) is 3.01. The normalized spacial score (nSPS) is 11.1. The summed E-state index contributed by atoms with van der Waals surface area (Å²) >= 11 is 3.36. The van der Waals surface area contributed by atoms with Crippen LogP contribution in [0.1, 0.15) is 61.0 Å². The summed E-state index contributed by atoms with van der Waals surface area (Å²) in [6, 6.07) is 10.9. The van der Waals surface area contributed by atoms with Crippen molar-refractivity contribution in [1.82, 2.24) is 0 Å². The first-order valence-electron chi connectivity index (χ1n) is 7.73. The lowest BCUT2D eigenvalue weighted by Gasteiger charge is -2.18. The van der Waals surface area contributed by atoms with Gasteiger partial charge in [-0.05, 0) is 59.4 Å². The molecule has 0 saturated heterocycles. The van der Waals surface area contributed by atoms with Gasteiger partial charge in [0.05, 0.1) is 0 Å². The molecule has 0 aliphatic heterocycles. The zero-order valence-corrected chi connectivity index (χ0v) is 15.4. The number of hydrogen-bond acceptors (Lipinski definition) is 2. The fourth-order valence-corrected chi connectivity index (χ4v) is 2.70. The molecule has 3 nitrogen and oxygen atoms in total. The Morgan fingerprint density at radius 2 is 1.48 bits per heavy atom. The quantitative estimate of drug-likeness (QED) is 0.677. The van der Waals surface area contributed by atoms with Crippen LogP contribution in [-0.2, 0) is 0 Å². The summed E-state index contributed by atoms with van der Waals surface area (Å²) in [6.07, 6.45) is 0. The molecule has 0 aliphatic carbocycles. The molecule has 0 heterocycles. The molecule has 23 heavy (non-hydrogen) atoms. The highest BCUT2D eigenvalue weighted by molar-refractivity contribution is 9.10. The topological polar surface area (TPSA) is 49.3 Å². The van der Waals surface area contributed by atoms with Crippen molar-refractivity contribution in [3.05, 3.63) is 57.6 Å². The van der Waals surface area contributed by atoms with Gasteiger partial charge in [0.25, 0.3) is 5.91 Å². The molecule has 0 saturated carbocycles. The van der Waals surface area contributed by atoms with E-state index in [9.17, 15) is 9.90 Å². The van der Waals surface area contributed by atoms with E-state index in [1.54, 1.807) is 12.1 Å². The van der Waals surface area contributed by atoms with E-state index < -0.39 is 0 Å². The second-order valence-corrected chi connectivity index (χ2v) is 7.19. The van der Waals surface area contributed by atoms with Gasteiger partial charge in [-0.25, -0.2) is 0 Å². The summed E-state index contributed by atoms with van der Waals surface area (Å²) in [6.45, 7) is 8.11. The Bertz CT molecular complexity index is 677. The Morgan fingerprint density at radius 3 is 1.91 bits per heavy atom. The molecule has 0 bridgehead atoms. The third-order valence-electron chi connectivity index (χ3n) is 3.78. The SMILES string of the molecule is CC(C)c1cc(NC(=O)c2ccc(Br)cc2)cc(C(C)C)c1O. The number of carbonyl (C=O) groups excluding carboxylic acids is 1. The molecule has 4 heteroatoms. The number of amides is 1. The van der Waals surface area contributed by atoms with E-state index >= 15 is 0 Å². The average Bonchev–Trinajstić information content (AvgIpc) is 2.48. The molecule has 0 radical (unpaired) electrons. The minimum atomic E-state index is -0.160. The predicted octanol–water partition coefficient (Wildman–Crippen LogP) is 5.65. The summed E-state index contributed by atoms with van der Waals surface area (Å²) in [4.78, 5) is 12.4. The van der Waals surface area contributed by atoms with Crippen LogP contribution in [0.3, 0.4) is 0 Å². The van der Waals surface area contributed by atoms with Gasteiger partial charge in [0.1, 0.15) is 5.75 Å². The number of hydrogen-bond donors (Lipinski definition) is 2. The molecule has 0 unspecified atom stereocenters. The molecular weight excluding hydrogens is 354 g/mol. The highest BCUT2D eigenvalue weighted by atomic mass is 79.9. The Labute approximate surface area is 145 Å². The van der Waals surface area contributed by atoms with Crippen LogP contribution < -0.4 is 5.32 Å². The number of phenolic OH excluding ortho intramolecular Hbond substituents is 1. The minimum Gasteiger partial charge on any atom is -0.507 e. The van der Waals surface area contributed by atoms with Crippen LogP contribution >= 0.6 is 15.9 Å². The van der Waals surface area contributed by atoms with Gasteiger partial charge in [0, 0.05) is 15.7 Å². The van der Waals surface area contributed by atoms with Crippen molar-refractivity contribution in [2.24, 2.45) is 0 Å². The number of nitrogens with one attached hydrogen (secondary N) is 1. The van der Waals surface area contributed by atoms with Crippen molar-refractivity contribution in [3.8, 4) is 5.75 Å². The first kappa shape index (κ1) is 17.5. The number of rotatable bonds is 4. The molecular formula is C19H22BrNO2. The van der Waals surface area contributed by atoms with E-state index in [4.69, 9.17) is 0 Å². The van der Waals surface area contributed by atoms with Gasteiger partial charge in [0.2, 0.25) is 0 Å². The maximum Gasteiger partial charge on any atom is 0.255 e. The van der Waals surface area contributed by atoms with Crippen LogP contribution in [0.5, 0.6) is 5.75 Å². The Kier molecular flexibility index (Phi) is 5.47. The zero-order chi connectivity index (χ0) is 17.1. The molecule has 2 aromatic carbocycles. The molecule has 0 aliphatic rings. The third-order valence-corrected chi connectivity index (χ3v) is 4.31. The van der Waals surface area contributed by atoms with Crippen molar-refractivity contribution in [2.75, 3.05) is 5.32 Å². The van der Waals surface area contributed by atoms with Gasteiger partial charge in [0.15, 0.2) is 0 Å². The number of halogens is 1. The van der Waals surface area contributed by atoms with Crippen LogP contribution in [0.25, 0.3) is 0 Å². The van der Waals surface area contributed by atoms with Gasteiger partial charge in [-0.3, -0.25) is 4.79 Å². The standard InChI is InChI=1S/C19H22BrNO2/c1-11(2)16-9-15(10-17(12(3)4)18(16)22)21-19(23)13-5-7-14(20)8-6-13/h5-12,22H,1-4H3,(H,21,23). The van der Waals surface area contributed by atoms with E-state index in [1.165, 1.54) is 0 Å². The monoisotopic (exact) mass is 375 g/mol. The first-order chi connectivity index (χ1) is 10.8. The van der Waals surface area contributed by atoms with Crippen LogP contribution in [0.15, 0.2) is 40.9 Å². The number of carbonyl (C=O) groups is 1. The lowest BCUT2D eigenvalue weighted by molar-refractivity contribution is 0.102. The minimum absolute atomic E-state index is 0.160. The summed E-state index contributed by atoms with van der Waals surface area (Å²) in [5, 5.41) is 13.3. The van der Waals surface area contributed by atoms with Crippen LogP contribution in [0.2, 0.25) is 0 Å². The molecule has 2 N–H and O–H groups in total. The fraction of sp³-hybridized carbons (Fsp3) is 0.316. The highest BCUT2D eigenvalue weighted by Crippen LogP contribution is 2.36. The highest BCUT2D eigenvalue weighted by Gasteiger charge is 2.16. The van der Waals surface area contributed by atoms with Crippen molar-refractivity contribution in [2.45, 2.75) is 39.5 Å². The van der Waals surface area contributed by atoms with Crippen LogP contribution in [0, 0.1) is 0 Å². The van der Waals surface area contributed by atoms with E-state index in [0.29, 0.717) is 17.0 Å². The fourth-order valence-electron chi connectivity index (χ4n) is 2.44. The summed E-state index contributed by atoms with van der Waals surface area (Å²) in [5.74, 6) is 0.526. The molecule has 0 aromatic heterocycles. The van der Waals surface area contributed by atoms with E-state index in [1.807, 2.05) is 52.0 Å². The molecule has 2 rings (SSSR count). The molecule has 0 fully saturated rings. The first-order valence-corrected chi connectivity index (χ1v) is 8.52. The van der Waals surface area contributed by atoms with Crippen molar-refractivity contribution < 1.29 is 9.90 Å². The van der Waals surface area contributed by atoms with E-state index in [0.717, 1.165) is 15.6 Å². The average molecular weight is 376 g/mol. The zero-order valence-electron chi connectivity index (χ0n) is 13.9. The molecule has 1 amide bonds. The van der Waals surface area contributed by atoms with Crippen LogP contribution in [0.4, 0.5) is 5.69 Å². The smallest absolute Gasteiger partial charge is 0.255 e. The number of benzene rings is 2. The largest absolute Gasteiger partial charge is 0.507 e.